The molecule has 3 aromatic rings. The van der Waals surface area contributed by atoms with E-state index in [4.69, 9.17) is 10.00 Å². The predicted molar refractivity (Wildman–Crippen MR) is 126 cm³/mol. The zero-order chi connectivity index (χ0) is 22.3. The fourth-order valence-electron chi connectivity index (χ4n) is 4.64. The molecule has 1 fully saturated rings. The smallest absolute Gasteiger partial charge is 0.314 e. The highest BCUT2D eigenvalue weighted by atomic mass is 16.5. The van der Waals surface area contributed by atoms with Crippen LogP contribution in [0.4, 0.5) is 0 Å². The van der Waals surface area contributed by atoms with E-state index < -0.39 is 0 Å². The quantitative estimate of drug-likeness (QED) is 0.324. The van der Waals surface area contributed by atoms with Crippen LogP contribution in [0, 0.1) is 17.2 Å². The molecule has 1 saturated carbocycles. The van der Waals surface area contributed by atoms with E-state index in [9.17, 15) is 4.79 Å². The first-order chi connectivity index (χ1) is 15.6. The SMILES string of the molecule is C[C@H](Cc1ccc(C2CCC(C(=O)Oc3ccc(C#N)cc3)CC2)cc1)c1ccccc1. The van der Waals surface area contributed by atoms with Crippen molar-refractivity contribution in [2.75, 3.05) is 0 Å². The number of benzene rings is 3. The van der Waals surface area contributed by atoms with Gasteiger partial charge < -0.3 is 4.74 Å². The van der Waals surface area contributed by atoms with Gasteiger partial charge in [-0.25, -0.2) is 0 Å². The molecule has 0 saturated heterocycles. The molecule has 4 rings (SSSR count). The molecule has 0 amide bonds. The summed E-state index contributed by atoms with van der Waals surface area (Å²) in [5.74, 6) is 1.32. The monoisotopic (exact) mass is 423 g/mol. The summed E-state index contributed by atoms with van der Waals surface area (Å²) in [6.07, 6.45) is 4.76. The van der Waals surface area contributed by atoms with Crippen LogP contribution in [0.1, 0.15) is 66.7 Å². The molecule has 32 heavy (non-hydrogen) atoms. The maximum absolute atomic E-state index is 12.5. The molecule has 0 aliphatic heterocycles. The minimum Gasteiger partial charge on any atom is -0.426 e. The van der Waals surface area contributed by atoms with Gasteiger partial charge >= 0.3 is 5.97 Å². The third-order valence-electron chi connectivity index (χ3n) is 6.62. The Bertz CT molecular complexity index is 1060. The molecule has 3 heteroatoms. The van der Waals surface area contributed by atoms with Gasteiger partial charge in [-0.2, -0.15) is 5.26 Å². The molecule has 1 atom stereocenters. The predicted octanol–water partition coefficient (Wildman–Crippen LogP) is 6.78. The second-order valence-electron chi connectivity index (χ2n) is 8.86. The summed E-state index contributed by atoms with van der Waals surface area (Å²) in [5.41, 5.74) is 4.68. The Morgan fingerprint density at radius 3 is 2.22 bits per heavy atom. The number of carbonyl (C=O) groups is 1. The Labute approximate surface area is 190 Å². The van der Waals surface area contributed by atoms with E-state index in [-0.39, 0.29) is 11.9 Å². The van der Waals surface area contributed by atoms with Crippen molar-refractivity contribution in [1.29, 1.82) is 5.26 Å². The van der Waals surface area contributed by atoms with Crippen molar-refractivity contribution in [1.82, 2.24) is 0 Å². The highest BCUT2D eigenvalue weighted by Crippen LogP contribution is 2.36. The standard InChI is InChI=1S/C29H29NO2/c1-21(24-5-3-2-4-6-24)19-22-7-11-25(12-8-22)26-13-15-27(16-14-26)29(31)32-28-17-9-23(20-30)10-18-28/h2-12,17-18,21,26-27H,13-16,19H2,1H3/t21-,26?,27?/m1/s1. The lowest BCUT2D eigenvalue weighted by atomic mass is 9.78. The molecule has 0 radical (unpaired) electrons. The molecule has 0 heterocycles. The molecule has 0 unspecified atom stereocenters. The van der Waals surface area contributed by atoms with Crippen LogP contribution in [-0.2, 0) is 11.2 Å². The minimum atomic E-state index is -0.154. The van der Waals surface area contributed by atoms with Crippen molar-refractivity contribution in [2.24, 2.45) is 5.92 Å². The zero-order valence-electron chi connectivity index (χ0n) is 18.5. The lowest BCUT2D eigenvalue weighted by Gasteiger charge is -2.27. The van der Waals surface area contributed by atoms with Crippen molar-refractivity contribution in [3.63, 3.8) is 0 Å². The molecule has 0 N–H and O–H groups in total. The molecule has 0 spiro atoms. The van der Waals surface area contributed by atoms with Crippen molar-refractivity contribution in [3.05, 3.63) is 101 Å². The van der Waals surface area contributed by atoms with E-state index in [1.807, 2.05) is 0 Å². The number of ether oxygens (including phenoxy) is 1. The number of carbonyl (C=O) groups excluding carboxylic acids is 1. The Hall–Kier alpha value is -3.38. The van der Waals surface area contributed by atoms with Crippen LogP contribution in [0.2, 0.25) is 0 Å². The van der Waals surface area contributed by atoms with Crippen LogP contribution in [-0.4, -0.2) is 5.97 Å². The first kappa shape index (κ1) is 21.8. The van der Waals surface area contributed by atoms with Gasteiger partial charge in [-0.1, -0.05) is 61.5 Å². The fourth-order valence-corrected chi connectivity index (χ4v) is 4.64. The van der Waals surface area contributed by atoms with Gasteiger partial charge in [-0.3, -0.25) is 4.79 Å². The third-order valence-corrected chi connectivity index (χ3v) is 6.62. The van der Waals surface area contributed by atoms with Crippen LogP contribution < -0.4 is 4.74 Å². The van der Waals surface area contributed by atoms with Crippen molar-refractivity contribution in [2.45, 2.75) is 50.9 Å². The maximum Gasteiger partial charge on any atom is 0.314 e. The third kappa shape index (κ3) is 5.45. The van der Waals surface area contributed by atoms with Crippen LogP contribution in [0.25, 0.3) is 0 Å². The summed E-state index contributed by atoms with van der Waals surface area (Å²) in [4.78, 5) is 12.5. The van der Waals surface area contributed by atoms with Crippen LogP contribution in [0.3, 0.4) is 0 Å². The van der Waals surface area contributed by atoms with E-state index in [1.54, 1.807) is 24.3 Å². The van der Waals surface area contributed by atoms with Crippen LogP contribution in [0.5, 0.6) is 5.75 Å². The molecule has 3 aromatic carbocycles. The van der Waals surface area contributed by atoms with E-state index in [0.29, 0.717) is 23.1 Å². The lowest BCUT2D eigenvalue weighted by molar-refractivity contribution is -0.140. The number of hydrogen-bond donors (Lipinski definition) is 0. The van der Waals surface area contributed by atoms with E-state index in [1.165, 1.54) is 16.7 Å². The highest BCUT2D eigenvalue weighted by molar-refractivity contribution is 5.75. The summed E-state index contributed by atoms with van der Waals surface area (Å²) in [5, 5.41) is 8.88. The summed E-state index contributed by atoms with van der Waals surface area (Å²) < 4.78 is 5.54. The van der Waals surface area contributed by atoms with Gasteiger partial charge in [0, 0.05) is 0 Å². The van der Waals surface area contributed by atoms with Crippen molar-refractivity contribution >= 4 is 5.97 Å². The number of nitrogens with zero attached hydrogens (tertiary/aromatic N) is 1. The van der Waals surface area contributed by atoms with E-state index in [2.05, 4.69) is 67.6 Å². The Kier molecular flexibility index (Phi) is 7.02. The summed E-state index contributed by atoms with van der Waals surface area (Å²) >= 11 is 0. The van der Waals surface area contributed by atoms with Gasteiger partial charge in [0.25, 0.3) is 0 Å². The molecule has 3 nitrogen and oxygen atoms in total. The lowest BCUT2D eigenvalue weighted by Crippen LogP contribution is -2.25. The van der Waals surface area contributed by atoms with Crippen molar-refractivity contribution in [3.8, 4) is 11.8 Å². The number of rotatable bonds is 6. The van der Waals surface area contributed by atoms with Crippen LogP contribution >= 0.6 is 0 Å². The number of hydrogen-bond acceptors (Lipinski definition) is 3. The first-order valence-corrected chi connectivity index (χ1v) is 11.5. The Morgan fingerprint density at radius 2 is 1.59 bits per heavy atom. The molecule has 1 aliphatic rings. The molecule has 1 aliphatic carbocycles. The molecule has 162 valence electrons. The zero-order valence-corrected chi connectivity index (χ0v) is 18.5. The largest absolute Gasteiger partial charge is 0.426 e. The minimum absolute atomic E-state index is 0.0483. The van der Waals surface area contributed by atoms with Gasteiger partial charge in [-0.05, 0) is 84.9 Å². The second kappa shape index (κ2) is 10.3. The first-order valence-electron chi connectivity index (χ1n) is 11.5. The molecular formula is C29H29NO2. The molecule has 0 bridgehead atoms. The number of nitriles is 1. The summed E-state index contributed by atoms with van der Waals surface area (Å²) in [6.45, 7) is 2.28. The summed E-state index contributed by atoms with van der Waals surface area (Å²) in [6, 6.07) is 28.5. The fraction of sp³-hybridized carbons (Fsp3) is 0.310. The van der Waals surface area contributed by atoms with E-state index in [0.717, 1.165) is 32.1 Å². The highest BCUT2D eigenvalue weighted by Gasteiger charge is 2.28. The summed E-state index contributed by atoms with van der Waals surface area (Å²) in [7, 11) is 0. The van der Waals surface area contributed by atoms with E-state index >= 15 is 0 Å². The van der Waals surface area contributed by atoms with Gasteiger partial charge in [-0.15, -0.1) is 0 Å². The van der Waals surface area contributed by atoms with Crippen molar-refractivity contribution < 1.29 is 9.53 Å². The normalized spacial score (nSPS) is 19.0. The Balaban J connectivity index is 1.28. The average molecular weight is 424 g/mol. The topological polar surface area (TPSA) is 50.1 Å². The second-order valence-corrected chi connectivity index (χ2v) is 8.86. The molecule has 0 aromatic heterocycles. The maximum atomic E-state index is 12.5. The number of esters is 1. The van der Waals surface area contributed by atoms with Crippen LogP contribution in [0.15, 0.2) is 78.9 Å². The van der Waals surface area contributed by atoms with Gasteiger partial charge in [0.15, 0.2) is 0 Å². The Morgan fingerprint density at radius 1 is 0.938 bits per heavy atom. The van der Waals surface area contributed by atoms with Gasteiger partial charge in [0.05, 0.1) is 17.6 Å². The molecular weight excluding hydrogens is 394 g/mol. The average Bonchev–Trinajstić information content (AvgIpc) is 2.85. The van der Waals surface area contributed by atoms with Gasteiger partial charge in [0.1, 0.15) is 5.75 Å². The van der Waals surface area contributed by atoms with Gasteiger partial charge in [0.2, 0.25) is 0 Å².